The first-order chi connectivity index (χ1) is 17.6. The molecule has 8 nitrogen and oxygen atoms in total. The van der Waals surface area contributed by atoms with Gasteiger partial charge in [0.2, 0.25) is 0 Å². The van der Waals surface area contributed by atoms with Gasteiger partial charge in [0, 0.05) is 36.9 Å². The Balaban J connectivity index is 1.41. The summed E-state index contributed by atoms with van der Waals surface area (Å²) in [6, 6.07) is 4.84. The Morgan fingerprint density at radius 1 is 1.19 bits per heavy atom. The molecule has 0 aliphatic carbocycles. The molecule has 37 heavy (non-hydrogen) atoms. The smallest absolute Gasteiger partial charge is 0.407 e. The summed E-state index contributed by atoms with van der Waals surface area (Å²) in [6.07, 6.45) is -0.784. The van der Waals surface area contributed by atoms with Gasteiger partial charge in [-0.2, -0.15) is 5.10 Å². The van der Waals surface area contributed by atoms with Crippen LogP contribution >= 0.6 is 11.6 Å². The molecule has 1 fully saturated rings. The van der Waals surface area contributed by atoms with E-state index < -0.39 is 41.6 Å². The van der Waals surface area contributed by atoms with Gasteiger partial charge in [0.05, 0.1) is 34.6 Å². The van der Waals surface area contributed by atoms with Crippen molar-refractivity contribution in [1.29, 1.82) is 0 Å². The normalized spacial score (nSPS) is 18.9. The molecule has 12 heteroatoms. The zero-order valence-corrected chi connectivity index (χ0v) is 20.6. The second kappa shape index (κ2) is 9.62. The first kappa shape index (κ1) is 24.9. The third-order valence-corrected chi connectivity index (χ3v) is 6.84. The van der Waals surface area contributed by atoms with Crippen LogP contribution in [0.1, 0.15) is 34.6 Å². The molecule has 0 bridgehead atoms. The number of amides is 2. The van der Waals surface area contributed by atoms with Gasteiger partial charge in [-0.1, -0.05) is 11.6 Å². The SMILES string of the molecule is C[C@@H]1c2nn(C)c(-c3cc(F)cc(F)c3)c2CCN1C(=O)c1cc(F)cc(OCC2CNC(=O)O2)c1Cl. The molecular weight excluding hydrogens is 513 g/mol. The summed E-state index contributed by atoms with van der Waals surface area (Å²) < 4.78 is 54.3. The Labute approximate surface area is 214 Å². The molecule has 1 saturated heterocycles. The number of halogens is 4. The van der Waals surface area contributed by atoms with Crippen molar-refractivity contribution >= 4 is 23.6 Å². The molecule has 3 heterocycles. The summed E-state index contributed by atoms with van der Waals surface area (Å²) in [6.45, 7) is 2.18. The van der Waals surface area contributed by atoms with Crippen molar-refractivity contribution in [2.24, 2.45) is 7.05 Å². The number of rotatable bonds is 5. The van der Waals surface area contributed by atoms with E-state index in [4.69, 9.17) is 21.1 Å². The van der Waals surface area contributed by atoms with Crippen molar-refractivity contribution in [2.75, 3.05) is 19.7 Å². The quantitative estimate of drug-likeness (QED) is 0.524. The predicted octanol–water partition coefficient (Wildman–Crippen LogP) is 4.40. The highest BCUT2D eigenvalue weighted by atomic mass is 35.5. The fourth-order valence-corrected chi connectivity index (χ4v) is 5.00. The molecule has 5 rings (SSSR count). The maximum Gasteiger partial charge on any atom is 0.407 e. The third-order valence-electron chi connectivity index (χ3n) is 6.45. The van der Waals surface area contributed by atoms with Crippen molar-refractivity contribution in [3.05, 3.63) is 69.6 Å². The van der Waals surface area contributed by atoms with Gasteiger partial charge in [-0.05, 0) is 31.5 Å². The lowest BCUT2D eigenvalue weighted by Crippen LogP contribution is -2.39. The number of aromatic nitrogens is 2. The maximum absolute atomic E-state index is 14.5. The molecule has 1 N–H and O–H groups in total. The molecule has 0 saturated carbocycles. The average Bonchev–Trinajstić information content (AvgIpc) is 3.41. The summed E-state index contributed by atoms with van der Waals surface area (Å²) in [5.74, 6) is -2.70. The van der Waals surface area contributed by atoms with Crippen LogP contribution in [0, 0.1) is 17.5 Å². The van der Waals surface area contributed by atoms with E-state index in [2.05, 4.69) is 10.4 Å². The molecular formula is C25H22ClF3N4O4. The van der Waals surface area contributed by atoms with Crippen LogP contribution in [0.25, 0.3) is 11.3 Å². The number of hydrogen-bond donors (Lipinski definition) is 1. The molecule has 2 amide bonds. The van der Waals surface area contributed by atoms with E-state index >= 15 is 0 Å². The lowest BCUT2D eigenvalue weighted by Gasteiger charge is -2.33. The number of hydrogen-bond acceptors (Lipinski definition) is 5. The van der Waals surface area contributed by atoms with Crippen LogP contribution < -0.4 is 10.1 Å². The van der Waals surface area contributed by atoms with Gasteiger partial charge < -0.3 is 19.7 Å². The number of carbonyl (C=O) groups excluding carboxylic acids is 2. The fraction of sp³-hybridized carbons (Fsp3) is 0.320. The van der Waals surface area contributed by atoms with Crippen LogP contribution in [0.5, 0.6) is 5.75 Å². The summed E-state index contributed by atoms with van der Waals surface area (Å²) in [7, 11) is 1.67. The van der Waals surface area contributed by atoms with Gasteiger partial charge in [-0.15, -0.1) is 0 Å². The van der Waals surface area contributed by atoms with E-state index in [0.29, 0.717) is 23.4 Å². The summed E-state index contributed by atoms with van der Waals surface area (Å²) >= 11 is 6.44. The standard InChI is InChI=1S/C25H22ClF3N4O4/c1-12-22-18(23(32(2)31-22)13-5-14(27)7-15(28)6-13)3-4-33(12)24(34)19-8-16(29)9-20(21(19)26)36-11-17-10-30-25(35)37-17/h5-9,12,17H,3-4,10-11H2,1-2H3,(H,30,35)/t12-,17?/m1/s1. The molecule has 194 valence electrons. The zero-order chi connectivity index (χ0) is 26.4. The number of benzene rings is 2. The number of nitrogens with one attached hydrogen (secondary N) is 1. The average molecular weight is 535 g/mol. The number of fused-ring (bicyclic) bond motifs is 1. The fourth-order valence-electron chi connectivity index (χ4n) is 4.76. The van der Waals surface area contributed by atoms with Crippen LogP contribution in [-0.4, -0.2) is 52.5 Å². The van der Waals surface area contributed by atoms with Crippen molar-refractivity contribution in [3.63, 3.8) is 0 Å². The van der Waals surface area contributed by atoms with E-state index in [1.165, 1.54) is 21.7 Å². The predicted molar refractivity (Wildman–Crippen MR) is 127 cm³/mol. The molecule has 2 aliphatic rings. The largest absolute Gasteiger partial charge is 0.488 e. The minimum atomic E-state index is -0.720. The van der Waals surface area contributed by atoms with Crippen LogP contribution in [0.4, 0.5) is 18.0 Å². The summed E-state index contributed by atoms with van der Waals surface area (Å²) in [5, 5.41) is 6.94. The number of aryl methyl sites for hydroxylation is 1. The number of alkyl carbamates (subject to hydrolysis) is 1. The van der Waals surface area contributed by atoms with E-state index in [1.807, 2.05) is 0 Å². The van der Waals surface area contributed by atoms with Crippen molar-refractivity contribution < 1.29 is 32.2 Å². The first-order valence-corrected chi connectivity index (χ1v) is 11.9. The van der Waals surface area contributed by atoms with E-state index in [1.54, 1.807) is 14.0 Å². The Morgan fingerprint density at radius 2 is 1.89 bits per heavy atom. The number of cyclic esters (lactones) is 1. The lowest BCUT2D eigenvalue weighted by atomic mass is 9.95. The van der Waals surface area contributed by atoms with Gasteiger partial charge in [0.1, 0.15) is 29.8 Å². The van der Waals surface area contributed by atoms with E-state index in [9.17, 15) is 22.8 Å². The summed E-state index contributed by atoms with van der Waals surface area (Å²) in [4.78, 5) is 26.2. The van der Waals surface area contributed by atoms with Crippen LogP contribution in [0.15, 0.2) is 30.3 Å². The van der Waals surface area contributed by atoms with Crippen LogP contribution in [0.2, 0.25) is 5.02 Å². The van der Waals surface area contributed by atoms with Crippen molar-refractivity contribution in [2.45, 2.75) is 25.5 Å². The Kier molecular flexibility index (Phi) is 6.49. The second-order valence-corrected chi connectivity index (χ2v) is 9.28. The van der Waals surface area contributed by atoms with Gasteiger partial charge in [0.25, 0.3) is 5.91 Å². The minimum Gasteiger partial charge on any atom is -0.488 e. The molecule has 2 aromatic carbocycles. The number of carbonyl (C=O) groups is 2. The topological polar surface area (TPSA) is 85.7 Å². The Morgan fingerprint density at radius 3 is 2.57 bits per heavy atom. The van der Waals surface area contributed by atoms with Gasteiger partial charge in [0.15, 0.2) is 6.10 Å². The van der Waals surface area contributed by atoms with E-state index in [0.717, 1.165) is 23.8 Å². The monoisotopic (exact) mass is 534 g/mol. The van der Waals surface area contributed by atoms with Gasteiger partial charge in [-0.25, -0.2) is 18.0 Å². The molecule has 3 aromatic rings. The summed E-state index contributed by atoms with van der Waals surface area (Å²) in [5.41, 5.74) is 2.17. The molecule has 1 unspecified atom stereocenters. The molecule has 2 atom stereocenters. The Hall–Kier alpha value is -3.73. The third kappa shape index (κ3) is 4.71. The van der Waals surface area contributed by atoms with Crippen molar-refractivity contribution in [3.8, 4) is 17.0 Å². The molecule has 0 spiro atoms. The van der Waals surface area contributed by atoms with E-state index in [-0.39, 0.29) is 36.0 Å². The zero-order valence-electron chi connectivity index (χ0n) is 19.9. The number of nitrogens with zero attached hydrogens (tertiary/aromatic N) is 3. The highest BCUT2D eigenvalue weighted by Crippen LogP contribution is 2.38. The first-order valence-electron chi connectivity index (χ1n) is 11.5. The highest BCUT2D eigenvalue weighted by molar-refractivity contribution is 6.35. The maximum atomic E-state index is 14.5. The van der Waals surface area contributed by atoms with Crippen molar-refractivity contribution in [1.82, 2.24) is 20.0 Å². The molecule has 1 aromatic heterocycles. The lowest BCUT2D eigenvalue weighted by molar-refractivity contribution is 0.0672. The van der Waals surface area contributed by atoms with Crippen LogP contribution in [-0.2, 0) is 18.2 Å². The minimum absolute atomic E-state index is 0.0495. The van der Waals surface area contributed by atoms with Gasteiger partial charge >= 0.3 is 6.09 Å². The van der Waals surface area contributed by atoms with Crippen LogP contribution in [0.3, 0.4) is 0 Å². The van der Waals surface area contributed by atoms with Gasteiger partial charge in [-0.3, -0.25) is 9.48 Å². The Bertz CT molecular complexity index is 1390. The highest BCUT2D eigenvalue weighted by Gasteiger charge is 2.35. The number of ether oxygens (including phenoxy) is 2. The second-order valence-electron chi connectivity index (χ2n) is 8.90. The molecule has 0 radical (unpaired) electrons. The molecule has 2 aliphatic heterocycles.